The van der Waals surface area contributed by atoms with Crippen molar-refractivity contribution in [3.05, 3.63) is 53.1 Å². The molecule has 0 saturated heterocycles. The first-order valence-corrected chi connectivity index (χ1v) is 9.02. The molecule has 0 saturated carbocycles. The monoisotopic (exact) mass is 377 g/mol. The first kappa shape index (κ1) is 19.3. The zero-order valence-corrected chi connectivity index (χ0v) is 16.4. The fraction of sp³-hybridized carbons (Fsp3) is 0.316. The van der Waals surface area contributed by atoms with Crippen molar-refractivity contribution in [3.63, 3.8) is 0 Å². The Morgan fingerprint density at radius 1 is 1.24 bits per heavy atom. The van der Waals surface area contributed by atoms with Gasteiger partial charge < -0.3 is 20.3 Å². The lowest BCUT2D eigenvalue weighted by molar-refractivity contribution is 0.417. The standard InChI is InChI=1S/C19H24ClN3OS/c1-4-23(16-7-5-6-14(2)12-16)11-10-21-19(25)22-17-13-15(20)8-9-18(17)24-3/h5-9,12-13H,4,10-11H2,1-3H3,(H2,21,22,25). The first-order valence-electron chi connectivity index (χ1n) is 8.23. The third-order valence-electron chi connectivity index (χ3n) is 3.83. The van der Waals surface area contributed by atoms with Crippen molar-refractivity contribution in [3.8, 4) is 5.75 Å². The highest BCUT2D eigenvalue weighted by Gasteiger charge is 2.07. The lowest BCUT2D eigenvalue weighted by Crippen LogP contribution is -2.37. The number of benzene rings is 2. The average Bonchev–Trinajstić information content (AvgIpc) is 2.59. The maximum Gasteiger partial charge on any atom is 0.170 e. The smallest absolute Gasteiger partial charge is 0.170 e. The van der Waals surface area contributed by atoms with Crippen LogP contribution in [-0.2, 0) is 0 Å². The van der Waals surface area contributed by atoms with Crippen LogP contribution in [0.5, 0.6) is 5.75 Å². The second-order valence-corrected chi connectivity index (χ2v) is 6.49. The molecule has 0 radical (unpaired) electrons. The van der Waals surface area contributed by atoms with Crippen LogP contribution in [-0.4, -0.2) is 31.9 Å². The molecule has 2 aromatic carbocycles. The van der Waals surface area contributed by atoms with Gasteiger partial charge in [0, 0.05) is 30.3 Å². The Morgan fingerprint density at radius 2 is 2.04 bits per heavy atom. The van der Waals surface area contributed by atoms with Crippen molar-refractivity contribution < 1.29 is 4.74 Å². The predicted molar refractivity (Wildman–Crippen MR) is 111 cm³/mol. The fourth-order valence-electron chi connectivity index (χ4n) is 2.54. The highest BCUT2D eigenvalue weighted by atomic mass is 35.5. The second kappa shape index (κ2) is 9.49. The molecule has 2 rings (SSSR count). The summed E-state index contributed by atoms with van der Waals surface area (Å²) in [6.45, 7) is 6.78. The van der Waals surface area contributed by atoms with E-state index < -0.39 is 0 Å². The van der Waals surface area contributed by atoms with E-state index in [2.05, 4.69) is 53.6 Å². The molecule has 25 heavy (non-hydrogen) atoms. The summed E-state index contributed by atoms with van der Waals surface area (Å²) in [5, 5.41) is 7.54. The number of anilines is 2. The number of nitrogens with zero attached hydrogens (tertiary/aromatic N) is 1. The minimum atomic E-state index is 0.542. The maximum atomic E-state index is 6.04. The van der Waals surface area contributed by atoms with Crippen LogP contribution in [0.3, 0.4) is 0 Å². The van der Waals surface area contributed by atoms with E-state index in [1.165, 1.54) is 11.3 Å². The van der Waals surface area contributed by atoms with Crippen molar-refractivity contribution in [2.24, 2.45) is 0 Å². The lowest BCUT2D eigenvalue weighted by atomic mass is 10.2. The Kier molecular flexibility index (Phi) is 7.34. The SMILES string of the molecule is CCN(CCNC(=S)Nc1cc(Cl)ccc1OC)c1cccc(C)c1. The van der Waals surface area contributed by atoms with E-state index in [0.29, 0.717) is 15.9 Å². The minimum absolute atomic E-state index is 0.542. The van der Waals surface area contributed by atoms with Crippen LogP contribution < -0.4 is 20.3 Å². The Morgan fingerprint density at radius 3 is 2.72 bits per heavy atom. The fourth-order valence-corrected chi connectivity index (χ4v) is 2.93. The Hall–Kier alpha value is -1.98. The van der Waals surface area contributed by atoms with Gasteiger partial charge in [-0.15, -0.1) is 0 Å². The van der Waals surface area contributed by atoms with E-state index in [1.54, 1.807) is 19.2 Å². The summed E-state index contributed by atoms with van der Waals surface area (Å²) in [5.74, 6) is 0.698. The quantitative estimate of drug-likeness (QED) is 0.696. The molecular weight excluding hydrogens is 354 g/mol. The molecule has 0 spiro atoms. The number of methoxy groups -OCH3 is 1. The van der Waals surface area contributed by atoms with E-state index in [1.807, 2.05) is 6.07 Å². The van der Waals surface area contributed by atoms with Gasteiger partial charge in [0.1, 0.15) is 5.75 Å². The van der Waals surface area contributed by atoms with Crippen molar-refractivity contribution in [2.45, 2.75) is 13.8 Å². The minimum Gasteiger partial charge on any atom is -0.495 e. The van der Waals surface area contributed by atoms with Crippen LogP contribution in [0.25, 0.3) is 0 Å². The molecule has 0 unspecified atom stereocenters. The highest BCUT2D eigenvalue weighted by Crippen LogP contribution is 2.27. The molecule has 0 amide bonds. The van der Waals surface area contributed by atoms with E-state index in [4.69, 9.17) is 28.6 Å². The molecule has 6 heteroatoms. The Balaban J connectivity index is 1.88. The molecule has 2 aromatic rings. The summed E-state index contributed by atoms with van der Waals surface area (Å²) in [5.41, 5.74) is 3.23. The zero-order chi connectivity index (χ0) is 18.2. The largest absolute Gasteiger partial charge is 0.495 e. The van der Waals surface area contributed by atoms with E-state index in [9.17, 15) is 0 Å². The van der Waals surface area contributed by atoms with Crippen molar-refractivity contribution in [2.75, 3.05) is 37.0 Å². The summed E-state index contributed by atoms with van der Waals surface area (Å²) >= 11 is 11.4. The number of rotatable bonds is 7. The number of halogens is 1. The Labute approximate surface area is 160 Å². The molecule has 0 aliphatic rings. The third kappa shape index (κ3) is 5.80. The number of hydrogen-bond donors (Lipinski definition) is 2. The van der Waals surface area contributed by atoms with Gasteiger partial charge in [0.2, 0.25) is 0 Å². The lowest BCUT2D eigenvalue weighted by Gasteiger charge is -2.24. The summed E-state index contributed by atoms with van der Waals surface area (Å²) in [6.07, 6.45) is 0. The number of thiocarbonyl (C=S) groups is 1. The van der Waals surface area contributed by atoms with E-state index >= 15 is 0 Å². The number of hydrogen-bond acceptors (Lipinski definition) is 3. The highest BCUT2D eigenvalue weighted by molar-refractivity contribution is 7.80. The van der Waals surface area contributed by atoms with Crippen molar-refractivity contribution in [1.82, 2.24) is 5.32 Å². The molecule has 4 nitrogen and oxygen atoms in total. The number of aryl methyl sites for hydroxylation is 1. The molecule has 134 valence electrons. The maximum absolute atomic E-state index is 6.04. The van der Waals surface area contributed by atoms with Crippen LogP contribution >= 0.6 is 23.8 Å². The summed E-state index contributed by atoms with van der Waals surface area (Å²) in [7, 11) is 1.62. The van der Waals surface area contributed by atoms with Gasteiger partial charge in [-0.05, 0) is 62.0 Å². The van der Waals surface area contributed by atoms with Gasteiger partial charge in [-0.25, -0.2) is 0 Å². The average molecular weight is 378 g/mol. The topological polar surface area (TPSA) is 36.5 Å². The molecule has 0 bridgehead atoms. The summed E-state index contributed by atoms with van der Waals surface area (Å²) < 4.78 is 5.31. The number of ether oxygens (including phenoxy) is 1. The van der Waals surface area contributed by atoms with Gasteiger partial charge in [-0.2, -0.15) is 0 Å². The number of nitrogens with one attached hydrogen (secondary N) is 2. The van der Waals surface area contributed by atoms with Crippen LogP contribution in [0.1, 0.15) is 12.5 Å². The molecule has 0 aliphatic heterocycles. The van der Waals surface area contributed by atoms with E-state index in [-0.39, 0.29) is 0 Å². The number of likely N-dealkylation sites (N-methyl/N-ethyl adjacent to an activating group) is 1. The normalized spacial score (nSPS) is 10.2. The zero-order valence-electron chi connectivity index (χ0n) is 14.8. The van der Waals surface area contributed by atoms with Gasteiger partial charge in [-0.3, -0.25) is 0 Å². The summed E-state index contributed by atoms with van der Waals surface area (Å²) in [4.78, 5) is 2.31. The summed E-state index contributed by atoms with van der Waals surface area (Å²) in [6, 6.07) is 13.9. The molecule has 0 heterocycles. The van der Waals surface area contributed by atoms with Crippen LogP contribution in [0, 0.1) is 6.92 Å². The van der Waals surface area contributed by atoms with Gasteiger partial charge in [0.25, 0.3) is 0 Å². The molecular formula is C19H24ClN3OS. The van der Waals surface area contributed by atoms with Gasteiger partial charge in [0.05, 0.1) is 12.8 Å². The van der Waals surface area contributed by atoms with E-state index in [0.717, 1.165) is 25.3 Å². The Bertz CT molecular complexity index is 724. The van der Waals surface area contributed by atoms with Gasteiger partial charge in [0.15, 0.2) is 5.11 Å². The van der Waals surface area contributed by atoms with Crippen LogP contribution in [0.4, 0.5) is 11.4 Å². The second-order valence-electron chi connectivity index (χ2n) is 5.64. The predicted octanol–water partition coefficient (Wildman–Crippen LogP) is 4.47. The van der Waals surface area contributed by atoms with Gasteiger partial charge in [-0.1, -0.05) is 23.7 Å². The third-order valence-corrected chi connectivity index (χ3v) is 4.31. The van der Waals surface area contributed by atoms with Crippen molar-refractivity contribution in [1.29, 1.82) is 0 Å². The van der Waals surface area contributed by atoms with Crippen LogP contribution in [0.15, 0.2) is 42.5 Å². The molecule has 0 aliphatic carbocycles. The molecule has 0 atom stereocenters. The van der Waals surface area contributed by atoms with Crippen molar-refractivity contribution >= 4 is 40.3 Å². The molecule has 2 N–H and O–H groups in total. The molecule has 0 fully saturated rings. The van der Waals surface area contributed by atoms with Gasteiger partial charge >= 0.3 is 0 Å². The first-order chi connectivity index (χ1) is 12.0. The molecule has 0 aromatic heterocycles. The van der Waals surface area contributed by atoms with Crippen LogP contribution in [0.2, 0.25) is 5.02 Å².